The summed E-state index contributed by atoms with van der Waals surface area (Å²) in [6, 6.07) is 17.1. The Morgan fingerprint density at radius 3 is 2.58 bits per heavy atom. The molecule has 3 rings (SSSR count). The second-order valence-corrected chi connectivity index (χ2v) is 4.35. The number of carbonyl (C=O) groups is 1. The normalized spacial score (nSPS) is 10.5. The number of hydrogen-bond donors (Lipinski definition) is 1. The Bertz CT molecular complexity index is 701. The molecule has 0 unspecified atom stereocenters. The van der Waals surface area contributed by atoms with Crippen molar-refractivity contribution in [3.05, 3.63) is 66.4 Å². The molecule has 94 valence electrons. The van der Waals surface area contributed by atoms with Gasteiger partial charge in [-0.3, -0.25) is 4.79 Å². The Labute approximate surface area is 110 Å². The molecule has 0 aliphatic rings. The van der Waals surface area contributed by atoms with E-state index < -0.39 is 0 Å². The minimum absolute atomic E-state index is 0.0437. The summed E-state index contributed by atoms with van der Waals surface area (Å²) in [5.41, 5.74) is 2.52. The van der Waals surface area contributed by atoms with Crippen LogP contribution in [0.5, 0.6) is 0 Å². The first-order valence-corrected chi connectivity index (χ1v) is 6.13. The molecule has 0 bridgehead atoms. The van der Waals surface area contributed by atoms with Crippen molar-refractivity contribution < 1.29 is 9.21 Å². The van der Waals surface area contributed by atoms with E-state index in [9.17, 15) is 4.79 Å². The average Bonchev–Trinajstić information content (AvgIpc) is 2.83. The molecule has 0 saturated heterocycles. The molecule has 3 heteroatoms. The topological polar surface area (TPSA) is 42.2 Å². The van der Waals surface area contributed by atoms with Gasteiger partial charge in [0.2, 0.25) is 5.91 Å². The van der Waals surface area contributed by atoms with Crippen molar-refractivity contribution in [3.8, 4) is 0 Å². The molecule has 3 nitrogen and oxygen atoms in total. The third kappa shape index (κ3) is 2.50. The fraction of sp³-hybridized carbons (Fsp3) is 0.0625. The third-order valence-corrected chi connectivity index (χ3v) is 2.97. The largest absolute Gasteiger partial charge is 0.464 e. The van der Waals surface area contributed by atoms with E-state index in [1.54, 1.807) is 6.26 Å². The highest BCUT2D eigenvalue weighted by molar-refractivity contribution is 5.95. The number of amides is 1. The first-order valence-electron chi connectivity index (χ1n) is 6.13. The first kappa shape index (κ1) is 11.5. The van der Waals surface area contributed by atoms with Crippen LogP contribution in [-0.2, 0) is 11.2 Å². The maximum absolute atomic E-state index is 12.0. The van der Waals surface area contributed by atoms with Gasteiger partial charge in [-0.05, 0) is 18.2 Å². The number of para-hydroxylation sites is 2. The van der Waals surface area contributed by atoms with E-state index in [1.165, 1.54) is 0 Å². The van der Waals surface area contributed by atoms with Crippen LogP contribution in [0.1, 0.15) is 5.56 Å². The monoisotopic (exact) mass is 251 g/mol. The number of anilines is 1. The number of carbonyl (C=O) groups excluding carboxylic acids is 1. The molecular formula is C16H13NO2. The van der Waals surface area contributed by atoms with Gasteiger partial charge in [0, 0.05) is 16.6 Å². The van der Waals surface area contributed by atoms with E-state index in [0.717, 1.165) is 22.2 Å². The minimum atomic E-state index is -0.0437. The van der Waals surface area contributed by atoms with Gasteiger partial charge in [0.25, 0.3) is 0 Å². The molecule has 2 aromatic carbocycles. The quantitative estimate of drug-likeness (QED) is 0.772. The molecule has 0 saturated carbocycles. The van der Waals surface area contributed by atoms with Crippen LogP contribution in [0.4, 0.5) is 5.69 Å². The van der Waals surface area contributed by atoms with Gasteiger partial charge in [0.1, 0.15) is 5.58 Å². The summed E-state index contributed by atoms with van der Waals surface area (Å²) in [5.74, 6) is -0.0437. The molecule has 1 amide bonds. The number of hydrogen-bond acceptors (Lipinski definition) is 2. The summed E-state index contributed by atoms with van der Waals surface area (Å²) in [4.78, 5) is 12.0. The lowest BCUT2D eigenvalue weighted by molar-refractivity contribution is -0.115. The summed E-state index contributed by atoms with van der Waals surface area (Å²) in [6.45, 7) is 0. The Hall–Kier alpha value is -2.55. The van der Waals surface area contributed by atoms with Gasteiger partial charge in [0.05, 0.1) is 12.7 Å². The number of nitrogens with one attached hydrogen (secondary N) is 1. The van der Waals surface area contributed by atoms with E-state index >= 15 is 0 Å². The van der Waals surface area contributed by atoms with Crippen LogP contribution in [0.3, 0.4) is 0 Å². The third-order valence-electron chi connectivity index (χ3n) is 2.97. The molecule has 19 heavy (non-hydrogen) atoms. The van der Waals surface area contributed by atoms with Crippen molar-refractivity contribution in [2.75, 3.05) is 5.32 Å². The van der Waals surface area contributed by atoms with Crippen LogP contribution in [0.2, 0.25) is 0 Å². The van der Waals surface area contributed by atoms with Crippen LogP contribution in [0.15, 0.2) is 65.3 Å². The smallest absolute Gasteiger partial charge is 0.228 e. The zero-order valence-corrected chi connectivity index (χ0v) is 10.3. The van der Waals surface area contributed by atoms with Gasteiger partial charge in [-0.1, -0.05) is 36.4 Å². The SMILES string of the molecule is O=C(Cc1coc2ccccc12)Nc1ccccc1. The lowest BCUT2D eigenvalue weighted by atomic mass is 10.1. The van der Waals surface area contributed by atoms with Crippen molar-refractivity contribution in [1.29, 1.82) is 0 Å². The second-order valence-electron chi connectivity index (χ2n) is 4.35. The standard InChI is InChI=1S/C16H13NO2/c18-16(17-13-6-2-1-3-7-13)10-12-11-19-15-9-5-4-8-14(12)15/h1-9,11H,10H2,(H,17,18). The zero-order valence-electron chi connectivity index (χ0n) is 10.3. The van der Waals surface area contributed by atoms with Crippen LogP contribution >= 0.6 is 0 Å². The molecule has 3 aromatic rings. The van der Waals surface area contributed by atoms with Crippen molar-refractivity contribution >= 4 is 22.6 Å². The highest BCUT2D eigenvalue weighted by Gasteiger charge is 2.09. The van der Waals surface area contributed by atoms with Gasteiger partial charge in [-0.15, -0.1) is 0 Å². The zero-order chi connectivity index (χ0) is 13.1. The second kappa shape index (κ2) is 4.98. The predicted molar refractivity (Wildman–Crippen MR) is 75.0 cm³/mol. The van der Waals surface area contributed by atoms with E-state index in [0.29, 0.717) is 6.42 Å². The lowest BCUT2D eigenvalue weighted by Gasteiger charge is -2.03. The molecule has 0 aliphatic carbocycles. The van der Waals surface area contributed by atoms with Gasteiger partial charge in [-0.25, -0.2) is 0 Å². The lowest BCUT2D eigenvalue weighted by Crippen LogP contribution is -2.13. The number of furan rings is 1. The van der Waals surface area contributed by atoms with E-state index in [1.807, 2.05) is 54.6 Å². The molecule has 1 aromatic heterocycles. The fourth-order valence-electron chi connectivity index (χ4n) is 2.07. The van der Waals surface area contributed by atoms with E-state index in [-0.39, 0.29) is 5.91 Å². The van der Waals surface area contributed by atoms with Crippen molar-refractivity contribution in [3.63, 3.8) is 0 Å². The van der Waals surface area contributed by atoms with Gasteiger partial charge < -0.3 is 9.73 Å². The van der Waals surface area contributed by atoms with Gasteiger partial charge in [0.15, 0.2) is 0 Å². The first-order chi connectivity index (χ1) is 9.33. The fourth-order valence-corrected chi connectivity index (χ4v) is 2.07. The highest BCUT2D eigenvalue weighted by Crippen LogP contribution is 2.21. The van der Waals surface area contributed by atoms with Gasteiger partial charge in [-0.2, -0.15) is 0 Å². The predicted octanol–water partition coefficient (Wildman–Crippen LogP) is 3.61. The van der Waals surface area contributed by atoms with Crippen molar-refractivity contribution in [2.24, 2.45) is 0 Å². The average molecular weight is 251 g/mol. The summed E-state index contributed by atoms with van der Waals surface area (Å²) >= 11 is 0. The Balaban J connectivity index is 1.76. The molecule has 0 radical (unpaired) electrons. The Morgan fingerprint density at radius 1 is 1.00 bits per heavy atom. The summed E-state index contributed by atoms with van der Waals surface area (Å²) in [6.07, 6.45) is 1.96. The summed E-state index contributed by atoms with van der Waals surface area (Å²) in [5, 5.41) is 3.86. The molecule has 0 atom stereocenters. The molecule has 1 N–H and O–H groups in total. The summed E-state index contributed by atoms with van der Waals surface area (Å²) < 4.78 is 5.42. The molecule has 0 spiro atoms. The number of fused-ring (bicyclic) bond motifs is 1. The molecule has 0 fully saturated rings. The molecular weight excluding hydrogens is 238 g/mol. The van der Waals surface area contributed by atoms with E-state index in [2.05, 4.69) is 5.32 Å². The Kier molecular flexibility index (Phi) is 3.02. The maximum atomic E-state index is 12.0. The van der Waals surface area contributed by atoms with Gasteiger partial charge >= 0.3 is 0 Å². The Morgan fingerprint density at radius 2 is 1.74 bits per heavy atom. The maximum Gasteiger partial charge on any atom is 0.228 e. The van der Waals surface area contributed by atoms with Crippen LogP contribution in [0, 0.1) is 0 Å². The van der Waals surface area contributed by atoms with Crippen molar-refractivity contribution in [1.82, 2.24) is 0 Å². The molecule has 0 aliphatic heterocycles. The number of benzene rings is 2. The van der Waals surface area contributed by atoms with E-state index in [4.69, 9.17) is 4.42 Å². The molecule has 1 heterocycles. The highest BCUT2D eigenvalue weighted by atomic mass is 16.3. The van der Waals surface area contributed by atoms with Crippen LogP contribution in [0.25, 0.3) is 11.0 Å². The number of rotatable bonds is 3. The van der Waals surface area contributed by atoms with Crippen LogP contribution < -0.4 is 5.32 Å². The van der Waals surface area contributed by atoms with Crippen molar-refractivity contribution in [2.45, 2.75) is 6.42 Å². The minimum Gasteiger partial charge on any atom is -0.464 e. The van der Waals surface area contributed by atoms with Crippen LogP contribution in [-0.4, -0.2) is 5.91 Å². The summed E-state index contributed by atoms with van der Waals surface area (Å²) in [7, 11) is 0.